The third-order valence-electron chi connectivity index (χ3n) is 4.68. The number of rotatable bonds is 5. The van der Waals surface area contributed by atoms with Crippen LogP contribution in [0.1, 0.15) is 17.0 Å². The summed E-state index contributed by atoms with van der Waals surface area (Å²) in [5.41, 5.74) is 2.71. The highest BCUT2D eigenvalue weighted by atomic mass is 35.5. The van der Waals surface area contributed by atoms with Crippen molar-refractivity contribution in [2.45, 2.75) is 12.5 Å². The number of hydrogen-bond acceptors (Lipinski definition) is 2. The van der Waals surface area contributed by atoms with Gasteiger partial charge in [0.2, 0.25) is 0 Å². The maximum absolute atomic E-state index is 13.4. The number of thiazole rings is 1. The molecule has 3 aromatic carbocycles. The standard InChI is InChI=1S/C24H19ClN2OS/c1-2-16-27-22-19(25)14-9-15-20(22)29-24(27)26-23(28)21(17-10-5-3-6-11-17)18-12-7-4-8-13-18/h2-15,21H,1,16H2. The van der Waals surface area contributed by atoms with Gasteiger partial charge in [0, 0.05) is 6.54 Å². The fraction of sp³-hybridized carbons (Fsp3) is 0.0833. The van der Waals surface area contributed by atoms with Crippen LogP contribution < -0.4 is 4.80 Å². The van der Waals surface area contributed by atoms with Gasteiger partial charge in [-0.25, -0.2) is 0 Å². The molecule has 0 radical (unpaired) electrons. The second-order valence-electron chi connectivity index (χ2n) is 6.57. The highest BCUT2D eigenvalue weighted by molar-refractivity contribution is 7.16. The third kappa shape index (κ3) is 3.95. The molecule has 0 aliphatic rings. The molecule has 0 fully saturated rings. The highest BCUT2D eigenvalue weighted by Gasteiger charge is 2.22. The Morgan fingerprint density at radius 2 is 1.62 bits per heavy atom. The number of para-hydroxylation sites is 1. The first-order chi connectivity index (χ1) is 14.2. The fourth-order valence-corrected chi connectivity index (χ4v) is 4.80. The summed E-state index contributed by atoms with van der Waals surface area (Å²) >= 11 is 7.88. The summed E-state index contributed by atoms with van der Waals surface area (Å²) in [7, 11) is 0. The minimum Gasteiger partial charge on any atom is -0.311 e. The molecule has 1 aromatic heterocycles. The van der Waals surface area contributed by atoms with Gasteiger partial charge in [0.15, 0.2) is 4.80 Å². The van der Waals surface area contributed by atoms with Crippen LogP contribution in [0.4, 0.5) is 0 Å². The molecule has 0 saturated heterocycles. The Morgan fingerprint density at radius 1 is 1.00 bits per heavy atom. The highest BCUT2D eigenvalue weighted by Crippen LogP contribution is 2.28. The smallest absolute Gasteiger partial charge is 0.260 e. The second-order valence-corrected chi connectivity index (χ2v) is 7.99. The first-order valence-electron chi connectivity index (χ1n) is 9.26. The van der Waals surface area contributed by atoms with Gasteiger partial charge in [-0.2, -0.15) is 4.99 Å². The Kier molecular flexibility index (Phi) is 5.74. The van der Waals surface area contributed by atoms with E-state index in [4.69, 9.17) is 11.6 Å². The van der Waals surface area contributed by atoms with Gasteiger partial charge in [-0.1, -0.05) is 95.7 Å². The minimum absolute atomic E-state index is 0.206. The molecule has 0 aliphatic heterocycles. The number of amides is 1. The fourth-order valence-electron chi connectivity index (χ4n) is 3.40. The molecule has 0 spiro atoms. The van der Waals surface area contributed by atoms with Gasteiger partial charge in [-0.05, 0) is 23.3 Å². The number of fused-ring (bicyclic) bond motifs is 1. The van der Waals surface area contributed by atoms with Crippen LogP contribution in [0, 0.1) is 0 Å². The number of aromatic nitrogens is 1. The lowest BCUT2D eigenvalue weighted by Gasteiger charge is -2.14. The molecule has 0 N–H and O–H groups in total. The quantitative estimate of drug-likeness (QED) is 0.377. The molecule has 5 heteroatoms. The summed E-state index contributed by atoms with van der Waals surface area (Å²) in [5, 5.41) is 0.636. The molecule has 0 unspecified atom stereocenters. The molecular weight excluding hydrogens is 400 g/mol. The van der Waals surface area contributed by atoms with E-state index in [0.717, 1.165) is 21.3 Å². The van der Waals surface area contributed by atoms with E-state index >= 15 is 0 Å². The molecule has 4 rings (SSSR count). The predicted octanol–water partition coefficient (Wildman–Crippen LogP) is 5.80. The van der Waals surface area contributed by atoms with Crippen LogP contribution in [0.2, 0.25) is 5.02 Å². The Labute approximate surface area is 178 Å². The van der Waals surface area contributed by atoms with E-state index in [9.17, 15) is 4.79 Å². The van der Waals surface area contributed by atoms with Crippen molar-refractivity contribution in [3.8, 4) is 0 Å². The number of carbonyl (C=O) groups excluding carboxylic acids is 1. The molecule has 0 aliphatic carbocycles. The van der Waals surface area contributed by atoms with Gasteiger partial charge >= 0.3 is 0 Å². The molecular formula is C24H19ClN2OS. The summed E-state index contributed by atoms with van der Waals surface area (Å²) < 4.78 is 2.93. The number of allylic oxidation sites excluding steroid dienone is 1. The Balaban J connectivity index is 1.88. The molecule has 1 amide bonds. The first kappa shape index (κ1) is 19.4. The van der Waals surface area contributed by atoms with Crippen LogP contribution in [-0.2, 0) is 11.3 Å². The third-order valence-corrected chi connectivity index (χ3v) is 6.03. The van der Waals surface area contributed by atoms with Crippen molar-refractivity contribution in [1.82, 2.24) is 4.57 Å². The zero-order chi connectivity index (χ0) is 20.2. The predicted molar refractivity (Wildman–Crippen MR) is 120 cm³/mol. The van der Waals surface area contributed by atoms with Gasteiger partial charge in [-0.15, -0.1) is 6.58 Å². The van der Waals surface area contributed by atoms with Crippen molar-refractivity contribution in [2.75, 3.05) is 0 Å². The lowest BCUT2D eigenvalue weighted by atomic mass is 9.91. The topological polar surface area (TPSA) is 34.4 Å². The van der Waals surface area contributed by atoms with Crippen LogP contribution >= 0.6 is 22.9 Å². The van der Waals surface area contributed by atoms with Crippen molar-refractivity contribution in [3.05, 3.63) is 112 Å². The molecule has 29 heavy (non-hydrogen) atoms. The summed E-state index contributed by atoms with van der Waals surface area (Å²) in [4.78, 5) is 18.6. The van der Waals surface area contributed by atoms with Gasteiger partial charge < -0.3 is 4.57 Å². The maximum Gasteiger partial charge on any atom is 0.260 e. The molecule has 0 atom stereocenters. The molecule has 3 nitrogen and oxygen atoms in total. The van der Waals surface area contributed by atoms with E-state index in [1.54, 1.807) is 6.08 Å². The summed E-state index contributed by atoms with van der Waals surface area (Å²) in [6.07, 6.45) is 1.78. The van der Waals surface area contributed by atoms with E-state index < -0.39 is 5.92 Å². The van der Waals surface area contributed by atoms with Crippen LogP contribution in [0.25, 0.3) is 10.2 Å². The largest absolute Gasteiger partial charge is 0.311 e. The number of carbonyl (C=O) groups is 1. The van der Waals surface area contributed by atoms with Gasteiger partial charge in [-0.3, -0.25) is 4.79 Å². The van der Waals surface area contributed by atoms with E-state index in [1.165, 1.54) is 11.3 Å². The first-order valence-corrected chi connectivity index (χ1v) is 10.5. The van der Waals surface area contributed by atoms with E-state index in [1.807, 2.05) is 83.4 Å². The van der Waals surface area contributed by atoms with Crippen molar-refractivity contribution in [2.24, 2.45) is 4.99 Å². The van der Waals surface area contributed by atoms with Crippen LogP contribution in [0.15, 0.2) is 96.5 Å². The van der Waals surface area contributed by atoms with Crippen molar-refractivity contribution in [3.63, 3.8) is 0 Å². The van der Waals surface area contributed by atoms with Gasteiger partial charge in [0.05, 0.1) is 21.2 Å². The number of hydrogen-bond donors (Lipinski definition) is 0. The zero-order valence-corrected chi connectivity index (χ0v) is 17.2. The van der Waals surface area contributed by atoms with Crippen molar-refractivity contribution in [1.29, 1.82) is 0 Å². The molecule has 144 valence electrons. The molecule has 0 saturated carbocycles. The van der Waals surface area contributed by atoms with Gasteiger partial charge in [0.25, 0.3) is 5.91 Å². The molecule has 1 heterocycles. The Hall–Kier alpha value is -2.95. The number of benzene rings is 3. The van der Waals surface area contributed by atoms with Gasteiger partial charge in [0.1, 0.15) is 0 Å². The van der Waals surface area contributed by atoms with E-state index in [-0.39, 0.29) is 5.91 Å². The van der Waals surface area contributed by atoms with E-state index in [0.29, 0.717) is 16.4 Å². The number of halogens is 1. The summed E-state index contributed by atoms with van der Waals surface area (Å²) in [6, 6.07) is 25.2. The molecule has 0 bridgehead atoms. The average molecular weight is 419 g/mol. The van der Waals surface area contributed by atoms with Crippen molar-refractivity contribution < 1.29 is 4.79 Å². The monoisotopic (exact) mass is 418 g/mol. The normalized spacial score (nSPS) is 11.9. The van der Waals surface area contributed by atoms with Crippen LogP contribution in [-0.4, -0.2) is 10.5 Å². The Morgan fingerprint density at radius 3 is 2.21 bits per heavy atom. The van der Waals surface area contributed by atoms with E-state index in [2.05, 4.69) is 11.6 Å². The summed E-state index contributed by atoms with van der Waals surface area (Å²) in [5.74, 6) is -0.668. The van der Waals surface area contributed by atoms with Crippen LogP contribution in [0.5, 0.6) is 0 Å². The van der Waals surface area contributed by atoms with Crippen molar-refractivity contribution >= 4 is 39.1 Å². The summed E-state index contributed by atoms with van der Waals surface area (Å²) in [6.45, 7) is 4.36. The molecule has 4 aromatic rings. The Bertz CT molecular complexity index is 1190. The minimum atomic E-state index is -0.463. The number of nitrogens with zero attached hydrogens (tertiary/aromatic N) is 2. The zero-order valence-electron chi connectivity index (χ0n) is 15.7. The average Bonchev–Trinajstić information content (AvgIpc) is 3.08. The lowest BCUT2D eigenvalue weighted by molar-refractivity contribution is -0.118. The maximum atomic E-state index is 13.4. The SMILES string of the molecule is C=CCn1c(=NC(=O)C(c2ccccc2)c2ccccc2)sc2cccc(Cl)c21. The lowest BCUT2D eigenvalue weighted by Crippen LogP contribution is -2.20. The van der Waals surface area contributed by atoms with Crippen LogP contribution in [0.3, 0.4) is 0 Å². The second kappa shape index (κ2) is 8.60.